The maximum absolute atomic E-state index is 14.7. The molecule has 0 radical (unpaired) electrons. The van der Waals surface area contributed by atoms with Crippen molar-refractivity contribution in [3.63, 3.8) is 0 Å². The van der Waals surface area contributed by atoms with Crippen LogP contribution >= 0.6 is 11.6 Å². The van der Waals surface area contributed by atoms with Crippen LogP contribution in [0.5, 0.6) is 11.5 Å². The first-order chi connectivity index (χ1) is 19.1. The summed E-state index contributed by atoms with van der Waals surface area (Å²) in [5.41, 5.74) is 1.44. The second kappa shape index (κ2) is 13.1. The van der Waals surface area contributed by atoms with Gasteiger partial charge >= 0.3 is 6.03 Å². The van der Waals surface area contributed by atoms with Crippen molar-refractivity contribution in [3.8, 4) is 11.5 Å². The quantitative estimate of drug-likeness (QED) is 0.312. The fourth-order valence-corrected chi connectivity index (χ4v) is 5.96. The average molecular weight is 603 g/mol. The van der Waals surface area contributed by atoms with E-state index in [1.807, 2.05) is 0 Å². The highest BCUT2D eigenvalue weighted by atomic mass is 35.5. The Morgan fingerprint density at radius 1 is 1.05 bits per heavy atom. The van der Waals surface area contributed by atoms with E-state index in [1.165, 1.54) is 29.7 Å². The first-order valence-electron chi connectivity index (χ1n) is 12.6. The van der Waals surface area contributed by atoms with E-state index in [2.05, 4.69) is 4.72 Å². The van der Waals surface area contributed by atoms with Crippen LogP contribution in [0.3, 0.4) is 0 Å². The zero-order valence-corrected chi connectivity index (χ0v) is 22.9. The minimum absolute atomic E-state index is 0.00602. The summed E-state index contributed by atoms with van der Waals surface area (Å²) >= 11 is 5.79. The first kappa shape index (κ1) is 29.9. The Hall–Kier alpha value is -3.04. The number of piperidine rings is 1. The molecule has 2 aliphatic rings. The number of morpholine rings is 1. The van der Waals surface area contributed by atoms with Crippen molar-refractivity contribution in [2.24, 2.45) is 5.92 Å². The van der Waals surface area contributed by atoms with E-state index < -0.39 is 44.3 Å². The lowest BCUT2D eigenvalue weighted by Gasteiger charge is -2.37. The summed E-state index contributed by atoms with van der Waals surface area (Å²) in [4.78, 5) is 27.7. The topological polar surface area (TPSA) is 138 Å². The number of hydrogen-bond donors (Lipinski definition) is 3. The van der Waals surface area contributed by atoms with E-state index in [4.69, 9.17) is 21.1 Å². The van der Waals surface area contributed by atoms with Gasteiger partial charge in [0.25, 0.3) is 5.91 Å². The van der Waals surface area contributed by atoms with Gasteiger partial charge in [-0.05, 0) is 61.6 Å². The van der Waals surface area contributed by atoms with Crippen LogP contribution in [0.15, 0.2) is 41.3 Å². The van der Waals surface area contributed by atoms with Crippen molar-refractivity contribution in [2.45, 2.75) is 30.2 Å². The lowest BCUT2D eigenvalue weighted by atomic mass is 9.90. The highest BCUT2D eigenvalue weighted by molar-refractivity contribution is 7.89. The minimum atomic E-state index is -4.60. The molecule has 2 aromatic rings. The fourth-order valence-electron chi connectivity index (χ4n) is 4.60. The van der Waals surface area contributed by atoms with Gasteiger partial charge in [0, 0.05) is 31.2 Å². The third-order valence-corrected chi connectivity index (χ3v) is 8.48. The number of nitrogens with zero attached hydrogens (tertiary/aromatic N) is 2. The largest absolute Gasteiger partial charge is 0.451 e. The number of sulfonamides is 1. The Morgan fingerprint density at radius 2 is 1.62 bits per heavy atom. The van der Waals surface area contributed by atoms with Crippen LogP contribution in [0.4, 0.5) is 13.6 Å². The number of amides is 3. The molecule has 1 atom stereocenters. The van der Waals surface area contributed by atoms with Crippen molar-refractivity contribution in [3.05, 3.63) is 53.1 Å². The molecular formula is C25H29ClF2N4O7S. The molecule has 3 amide bonds. The normalized spacial score (nSPS) is 17.4. The number of ether oxygens (including phenoxy) is 2. The fraction of sp³-hybridized carbons (Fsp3) is 0.440. The zero-order valence-electron chi connectivity index (χ0n) is 21.3. The third kappa shape index (κ3) is 7.37. The Bertz CT molecular complexity index is 1300. The van der Waals surface area contributed by atoms with Gasteiger partial charge in [-0.25, -0.2) is 27.5 Å². The summed E-state index contributed by atoms with van der Waals surface area (Å²) in [5, 5.41) is 9.58. The Morgan fingerprint density at radius 3 is 2.20 bits per heavy atom. The van der Waals surface area contributed by atoms with Crippen molar-refractivity contribution in [2.75, 3.05) is 39.4 Å². The highest BCUT2D eigenvalue weighted by Gasteiger charge is 2.33. The molecule has 2 saturated heterocycles. The maximum atomic E-state index is 14.7. The van der Waals surface area contributed by atoms with Crippen LogP contribution in [0.2, 0.25) is 5.02 Å². The first-order valence-corrected chi connectivity index (χ1v) is 14.4. The number of hydroxylamine groups is 1. The second-order valence-electron chi connectivity index (χ2n) is 9.47. The van der Waals surface area contributed by atoms with Gasteiger partial charge in [-0.15, -0.1) is 0 Å². The molecule has 2 aromatic carbocycles. The van der Waals surface area contributed by atoms with Crippen LogP contribution in [0.1, 0.15) is 19.3 Å². The second-order valence-corrected chi connectivity index (χ2v) is 11.6. The van der Waals surface area contributed by atoms with Crippen LogP contribution < -0.4 is 14.9 Å². The molecule has 4 rings (SSSR count). The van der Waals surface area contributed by atoms with E-state index in [1.54, 1.807) is 9.80 Å². The van der Waals surface area contributed by atoms with Gasteiger partial charge in [0.05, 0.1) is 18.1 Å². The molecule has 0 spiro atoms. The SMILES string of the molecule is O=C(NO)C(CC1CCN(C(=O)N2CCOCC2)CC1)NS(=O)(=O)c1cc(F)c(Oc2ccc(Cl)cc2)c(F)c1. The molecule has 0 aliphatic carbocycles. The third-order valence-electron chi connectivity index (χ3n) is 6.78. The van der Waals surface area contributed by atoms with Crippen molar-refractivity contribution in [1.29, 1.82) is 0 Å². The monoisotopic (exact) mass is 602 g/mol. The van der Waals surface area contributed by atoms with E-state index in [-0.39, 0.29) is 24.1 Å². The molecule has 0 saturated carbocycles. The minimum Gasteiger partial charge on any atom is -0.451 e. The number of likely N-dealkylation sites (tertiary alicyclic amines) is 1. The number of hydrogen-bond acceptors (Lipinski definition) is 7. The molecule has 40 heavy (non-hydrogen) atoms. The molecule has 15 heteroatoms. The van der Waals surface area contributed by atoms with Crippen LogP contribution in [0, 0.1) is 17.6 Å². The Balaban J connectivity index is 1.41. The maximum Gasteiger partial charge on any atom is 0.320 e. The molecule has 0 bridgehead atoms. The summed E-state index contributed by atoms with van der Waals surface area (Å²) in [5.74, 6) is -4.49. The number of carbonyl (C=O) groups is 2. The van der Waals surface area contributed by atoms with E-state index in [0.717, 1.165) is 0 Å². The van der Waals surface area contributed by atoms with E-state index in [9.17, 15) is 32.0 Å². The molecule has 3 N–H and O–H groups in total. The predicted octanol–water partition coefficient (Wildman–Crippen LogP) is 3.12. The van der Waals surface area contributed by atoms with Crippen LogP contribution in [-0.2, 0) is 19.6 Å². The number of carbonyl (C=O) groups excluding carboxylic acids is 2. The summed E-state index contributed by atoms with van der Waals surface area (Å²) in [6.07, 6.45) is 0.980. The number of benzene rings is 2. The van der Waals surface area contributed by atoms with E-state index in [0.29, 0.717) is 69.4 Å². The number of rotatable bonds is 8. The van der Waals surface area contributed by atoms with Gasteiger partial charge in [0.1, 0.15) is 11.8 Å². The van der Waals surface area contributed by atoms with Gasteiger partial charge in [0.15, 0.2) is 17.4 Å². The summed E-state index contributed by atoms with van der Waals surface area (Å²) < 4.78 is 68.1. The van der Waals surface area contributed by atoms with Gasteiger partial charge < -0.3 is 19.3 Å². The summed E-state index contributed by atoms with van der Waals surface area (Å²) in [6, 6.07) is 5.28. The number of halogens is 3. The summed E-state index contributed by atoms with van der Waals surface area (Å²) in [7, 11) is -4.60. The van der Waals surface area contributed by atoms with Gasteiger partial charge in [-0.1, -0.05) is 11.6 Å². The molecule has 1 unspecified atom stereocenters. The lowest BCUT2D eigenvalue weighted by Crippen LogP contribution is -2.51. The number of nitrogens with one attached hydrogen (secondary N) is 2. The van der Waals surface area contributed by atoms with Gasteiger partial charge in [0.2, 0.25) is 10.0 Å². The standard InChI is InChI=1S/C25H29ClF2N4O7S/c26-17-1-3-18(4-2-17)39-23-20(27)14-19(15-21(23)28)40(36,37)30-22(24(33)29-35)13-16-5-7-31(8-6-16)25(34)32-9-11-38-12-10-32/h1-4,14-16,22,30,35H,5-13H2,(H,29,33). The molecule has 2 aliphatic heterocycles. The van der Waals surface area contributed by atoms with Gasteiger partial charge in [-0.3, -0.25) is 10.0 Å². The van der Waals surface area contributed by atoms with E-state index >= 15 is 0 Å². The smallest absolute Gasteiger partial charge is 0.320 e. The van der Waals surface area contributed by atoms with Crippen molar-refractivity contribution in [1.82, 2.24) is 20.0 Å². The van der Waals surface area contributed by atoms with Crippen molar-refractivity contribution < 1.29 is 41.5 Å². The van der Waals surface area contributed by atoms with Crippen LogP contribution in [-0.4, -0.2) is 80.8 Å². The zero-order chi connectivity index (χ0) is 28.9. The van der Waals surface area contributed by atoms with Crippen molar-refractivity contribution >= 4 is 33.6 Å². The molecule has 218 valence electrons. The molecular weight excluding hydrogens is 574 g/mol. The average Bonchev–Trinajstić information content (AvgIpc) is 2.95. The Labute approximate surface area is 235 Å². The molecule has 2 fully saturated rings. The summed E-state index contributed by atoms with van der Waals surface area (Å²) in [6.45, 7) is 2.79. The molecule has 11 nitrogen and oxygen atoms in total. The predicted molar refractivity (Wildman–Crippen MR) is 139 cm³/mol. The van der Waals surface area contributed by atoms with Crippen LogP contribution in [0.25, 0.3) is 0 Å². The van der Waals surface area contributed by atoms with Gasteiger partial charge in [-0.2, -0.15) is 4.72 Å². The number of urea groups is 1. The highest BCUT2D eigenvalue weighted by Crippen LogP contribution is 2.31. The Kier molecular flexibility index (Phi) is 9.79. The molecule has 2 heterocycles. The lowest BCUT2D eigenvalue weighted by molar-refractivity contribution is -0.131. The molecule has 0 aromatic heterocycles.